The van der Waals surface area contributed by atoms with Crippen LogP contribution < -0.4 is 5.32 Å². The fourth-order valence-electron chi connectivity index (χ4n) is 6.89. The van der Waals surface area contributed by atoms with Crippen LogP contribution in [0.1, 0.15) is 226 Å². The number of amides is 1. The van der Waals surface area contributed by atoms with Gasteiger partial charge in [-0.15, -0.1) is 0 Å². The van der Waals surface area contributed by atoms with Crippen molar-refractivity contribution in [2.75, 3.05) is 6.61 Å². The summed E-state index contributed by atoms with van der Waals surface area (Å²) in [6.07, 6.45) is 50.3. The van der Waals surface area contributed by atoms with Gasteiger partial charge < -0.3 is 20.3 Å². The lowest BCUT2D eigenvalue weighted by atomic mass is 10.0. The van der Waals surface area contributed by atoms with Crippen molar-refractivity contribution in [2.45, 2.75) is 244 Å². The Morgan fingerprint density at radius 1 is 0.545 bits per heavy atom. The third kappa shape index (κ3) is 38.5. The molecule has 0 saturated carbocycles. The standard InChI is InChI=1S/C49H89NO5/c1-4-7-10-13-16-19-21-22-23-24-25-27-30-33-36-39-42-49(54)55-45(40-37-34-31-28-18-15-12-9-6-3)43-48(53)50-46(44-51)47(52)41-38-35-32-29-26-20-17-14-11-8-5-2/h7,10,16,19,22-23,25,27,45-47,51-52H,4-6,8-9,11-15,17-18,20-21,24,26,28-44H2,1-3H3,(H,50,53)/b10-7+,19-16+,23-22+,27-25+. The van der Waals surface area contributed by atoms with Crippen molar-refractivity contribution in [1.82, 2.24) is 5.32 Å². The number of esters is 1. The summed E-state index contributed by atoms with van der Waals surface area (Å²) in [5.74, 6) is -0.510. The van der Waals surface area contributed by atoms with E-state index in [0.717, 1.165) is 89.9 Å². The van der Waals surface area contributed by atoms with Crippen molar-refractivity contribution >= 4 is 11.9 Å². The lowest BCUT2D eigenvalue weighted by Gasteiger charge is -2.24. The monoisotopic (exact) mass is 772 g/mol. The van der Waals surface area contributed by atoms with E-state index >= 15 is 0 Å². The van der Waals surface area contributed by atoms with Gasteiger partial charge in [-0.25, -0.2) is 0 Å². The number of hydrogen-bond acceptors (Lipinski definition) is 5. The van der Waals surface area contributed by atoms with Crippen molar-refractivity contribution < 1.29 is 24.5 Å². The van der Waals surface area contributed by atoms with Crippen LogP contribution in [-0.4, -0.2) is 46.9 Å². The largest absolute Gasteiger partial charge is 0.462 e. The molecule has 0 radical (unpaired) electrons. The zero-order valence-corrected chi connectivity index (χ0v) is 36.3. The molecule has 0 aromatic carbocycles. The molecule has 55 heavy (non-hydrogen) atoms. The van der Waals surface area contributed by atoms with Crippen LogP contribution in [-0.2, 0) is 14.3 Å². The molecule has 3 unspecified atom stereocenters. The fraction of sp³-hybridized carbons (Fsp3) is 0.796. The first kappa shape index (κ1) is 52.8. The Morgan fingerprint density at radius 3 is 1.47 bits per heavy atom. The quantitative estimate of drug-likeness (QED) is 0.0327. The highest BCUT2D eigenvalue weighted by atomic mass is 16.5. The zero-order valence-electron chi connectivity index (χ0n) is 36.3. The van der Waals surface area contributed by atoms with Crippen LogP contribution in [0.4, 0.5) is 0 Å². The molecule has 0 aliphatic rings. The first-order valence-electron chi connectivity index (χ1n) is 23.4. The number of carbonyl (C=O) groups is 2. The molecule has 0 fully saturated rings. The first-order chi connectivity index (χ1) is 27.0. The van der Waals surface area contributed by atoms with Crippen molar-refractivity contribution in [3.63, 3.8) is 0 Å². The summed E-state index contributed by atoms with van der Waals surface area (Å²) in [4.78, 5) is 26.0. The summed E-state index contributed by atoms with van der Waals surface area (Å²) in [6.45, 7) is 6.33. The molecular weight excluding hydrogens is 683 g/mol. The molecule has 0 aromatic heterocycles. The SMILES string of the molecule is CC/C=C/C/C=C/C/C=C/C/C=C/CCCCCC(=O)OC(CCCCCCCCCCC)CC(=O)NC(CO)C(O)CCCCCCCCCCCCC. The van der Waals surface area contributed by atoms with Crippen LogP contribution in [0.5, 0.6) is 0 Å². The van der Waals surface area contributed by atoms with E-state index in [9.17, 15) is 19.8 Å². The van der Waals surface area contributed by atoms with Crippen LogP contribution in [0.2, 0.25) is 0 Å². The Bertz CT molecular complexity index is 957. The average molecular weight is 772 g/mol. The van der Waals surface area contributed by atoms with Gasteiger partial charge in [-0.05, 0) is 64.2 Å². The van der Waals surface area contributed by atoms with Crippen molar-refractivity contribution in [2.24, 2.45) is 0 Å². The Labute approximate surface area is 340 Å². The van der Waals surface area contributed by atoms with Gasteiger partial charge in [0.15, 0.2) is 0 Å². The number of nitrogens with one attached hydrogen (secondary N) is 1. The Balaban J connectivity index is 4.57. The highest BCUT2D eigenvalue weighted by molar-refractivity contribution is 5.77. The molecule has 0 heterocycles. The van der Waals surface area contributed by atoms with Gasteiger partial charge in [0.25, 0.3) is 0 Å². The molecule has 0 spiro atoms. The van der Waals surface area contributed by atoms with Crippen LogP contribution in [0.15, 0.2) is 48.6 Å². The van der Waals surface area contributed by atoms with E-state index < -0.39 is 18.2 Å². The predicted molar refractivity (Wildman–Crippen MR) is 236 cm³/mol. The fourth-order valence-corrected chi connectivity index (χ4v) is 6.89. The van der Waals surface area contributed by atoms with E-state index in [-0.39, 0.29) is 24.9 Å². The molecule has 0 saturated heterocycles. The van der Waals surface area contributed by atoms with Gasteiger partial charge in [-0.2, -0.15) is 0 Å². The van der Waals surface area contributed by atoms with E-state index in [0.29, 0.717) is 19.3 Å². The zero-order chi connectivity index (χ0) is 40.3. The second-order valence-corrected chi connectivity index (χ2v) is 15.8. The molecule has 0 bridgehead atoms. The maximum atomic E-state index is 13.1. The van der Waals surface area contributed by atoms with Crippen LogP contribution in [0.3, 0.4) is 0 Å². The molecule has 1 amide bonds. The topological polar surface area (TPSA) is 95.9 Å². The van der Waals surface area contributed by atoms with Gasteiger partial charge >= 0.3 is 5.97 Å². The third-order valence-corrected chi connectivity index (χ3v) is 10.4. The molecule has 3 N–H and O–H groups in total. The molecule has 0 aromatic rings. The van der Waals surface area contributed by atoms with E-state index in [2.05, 4.69) is 74.7 Å². The maximum absolute atomic E-state index is 13.1. The van der Waals surface area contributed by atoms with Crippen LogP contribution in [0, 0.1) is 0 Å². The minimum Gasteiger partial charge on any atom is -0.462 e. The average Bonchev–Trinajstić information content (AvgIpc) is 3.18. The molecule has 0 rings (SSSR count). The van der Waals surface area contributed by atoms with Crippen molar-refractivity contribution in [1.29, 1.82) is 0 Å². The second-order valence-electron chi connectivity index (χ2n) is 15.8. The lowest BCUT2D eigenvalue weighted by molar-refractivity contribution is -0.151. The second kappa shape index (κ2) is 43.0. The van der Waals surface area contributed by atoms with Gasteiger partial charge in [0, 0.05) is 6.42 Å². The highest BCUT2D eigenvalue weighted by Crippen LogP contribution is 2.17. The number of allylic oxidation sites excluding steroid dienone is 8. The number of hydrogen-bond donors (Lipinski definition) is 3. The number of rotatable bonds is 41. The summed E-state index contributed by atoms with van der Waals surface area (Å²) in [6, 6.07) is -0.704. The summed E-state index contributed by atoms with van der Waals surface area (Å²) < 4.78 is 5.88. The maximum Gasteiger partial charge on any atom is 0.306 e. The van der Waals surface area contributed by atoms with Gasteiger partial charge in [0.1, 0.15) is 6.10 Å². The molecule has 6 nitrogen and oxygen atoms in total. The third-order valence-electron chi connectivity index (χ3n) is 10.4. The van der Waals surface area contributed by atoms with E-state index in [1.165, 1.54) is 89.9 Å². The molecule has 320 valence electrons. The van der Waals surface area contributed by atoms with Crippen molar-refractivity contribution in [3.8, 4) is 0 Å². The Morgan fingerprint density at radius 2 is 0.982 bits per heavy atom. The number of aliphatic hydroxyl groups is 2. The molecule has 0 aliphatic heterocycles. The Hall–Kier alpha value is -2.18. The number of ether oxygens (including phenoxy) is 1. The lowest BCUT2D eigenvalue weighted by Crippen LogP contribution is -2.46. The van der Waals surface area contributed by atoms with Gasteiger partial charge in [-0.3, -0.25) is 9.59 Å². The molecule has 6 heteroatoms. The summed E-state index contributed by atoms with van der Waals surface area (Å²) in [5.41, 5.74) is 0. The van der Waals surface area contributed by atoms with Gasteiger partial charge in [-0.1, -0.05) is 198 Å². The van der Waals surface area contributed by atoms with Gasteiger partial charge in [0.2, 0.25) is 5.91 Å². The smallest absolute Gasteiger partial charge is 0.306 e. The predicted octanol–water partition coefficient (Wildman–Crippen LogP) is 13.5. The molecule has 3 atom stereocenters. The summed E-state index contributed by atoms with van der Waals surface area (Å²) in [7, 11) is 0. The highest BCUT2D eigenvalue weighted by Gasteiger charge is 2.24. The van der Waals surface area contributed by atoms with E-state index in [4.69, 9.17) is 4.74 Å². The number of unbranched alkanes of at least 4 members (excludes halogenated alkanes) is 21. The summed E-state index contributed by atoms with van der Waals surface area (Å²) >= 11 is 0. The van der Waals surface area contributed by atoms with Gasteiger partial charge in [0.05, 0.1) is 25.2 Å². The number of aliphatic hydroxyl groups excluding tert-OH is 2. The van der Waals surface area contributed by atoms with Crippen LogP contribution >= 0.6 is 0 Å². The first-order valence-corrected chi connectivity index (χ1v) is 23.4. The van der Waals surface area contributed by atoms with E-state index in [1.807, 2.05) is 0 Å². The minimum absolute atomic E-state index is 0.0657. The summed E-state index contributed by atoms with van der Waals surface area (Å²) in [5, 5.41) is 23.6. The Kier molecular flexibility index (Phi) is 41.2. The minimum atomic E-state index is -0.789. The molecule has 0 aliphatic carbocycles. The molecular formula is C49H89NO5. The number of carbonyl (C=O) groups excluding carboxylic acids is 2. The van der Waals surface area contributed by atoms with E-state index in [1.54, 1.807) is 0 Å². The normalized spacial score (nSPS) is 13.8. The van der Waals surface area contributed by atoms with Crippen LogP contribution in [0.25, 0.3) is 0 Å². The van der Waals surface area contributed by atoms with Crippen molar-refractivity contribution in [3.05, 3.63) is 48.6 Å².